The van der Waals surface area contributed by atoms with Gasteiger partial charge in [0.2, 0.25) is 0 Å². The zero-order valence-electron chi connectivity index (χ0n) is 19.4. The molecule has 3 aromatic rings. The van der Waals surface area contributed by atoms with E-state index in [0.29, 0.717) is 24.6 Å². The molecule has 0 aliphatic carbocycles. The molecule has 1 saturated heterocycles. The molecule has 2 aliphatic heterocycles. The predicted octanol–water partition coefficient (Wildman–Crippen LogP) is 3.89. The van der Waals surface area contributed by atoms with Crippen molar-refractivity contribution in [1.82, 2.24) is 0 Å². The lowest BCUT2D eigenvalue weighted by Crippen LogP contribution is -2.29. The van der Waals surface area contributed by atoms with Crippen molar-refractivity contribution < 1.29 is 33.9 Å². The molecule has 188 valence electrons. The molecule has 10 nitrogen and oxygen atoms in total. The number of phenolic OH excluding ortho intramolecular Hbond substituents is 1. The molecule has 11 heteroatoms. The zero-order chi connectivity index (χ0) is 26.4. The first-order chi connectivity index (χ1) is 17.7. The van der Waals surface area contributed by atoms with Crippen LogP contribution in [-0.2, 0) is 9.59 Å². The molecular formula is C26H20FN3O7. The van der Waals surface area contributed by atoms with Crippen LogP contribution in [0, 0.1) is 15.9 Å². The van der Waals surface area contributed by atoms with Crippen molar-refractivity contribution in [3.05, 3.63) is 93.3 Å². The number of fused-ring (bicyclic) bond motifs is 1. The minimum Gasteiger partial charge on any atom is -0.507 e. The van der Waals surface area contributed by atoms with Crippen molar-refractivity contribution in [1.29, 1.82) is 0 Å². The summed E-state index contributed by atoms with van der Waals surface area (Å²) < 4.78 is 19.7. The fraction of sp³-hybridized carbons (Fsp3) is 0.154. The van der Waals surface area contributed by atoms with Crippen LogP contribution in [0.15, 0.2) is 66.2 Å². The normalized spacial score (nSPS) is 18.5. The Morgan fingerprint density at radius 3 is 2.65 bits per heavy atom. The minimum absolute atomic E-state index is 0.0143. The summed E-state index contributed by atoms with van der Waals surface area (Å²) in [5, 5.41) is 32.8. The van der Waals surface area contributed by atoms with Crippen molar-refractivity contribution in [3.8, 4) is 11.5 Å². The van der Waals surface area contributed by atoms with E-state index in [4.69, 9.17) is 4.74 Å². The number of benzene rings is 3. The van der Waals surface area contributed by atoms with Crippen molar-refractivity contribution in [3.63, 3.8) is 0 Å². The molecule has 3 aromatic carbocycles. The second-order valence-electron chi connectivity index (χ2n) is 8.61. The SMILES string of the molecule is CN1CCOc2ccc(/C(O)=C3\C(=O)C(=O)N(c4cccc(F)c4)C3c3ccc(O)c([N+](=O)[O-])c3)cc21. The number of hydrogen-bond acceptors (Lipinski definition) is 8. The fourth-order valence-corrected chi connectivity index (χ4v) is 4.55. The van der Waals surface area contributed by atoms with Crippen LogP contribution in [-0.4, -0.2) is 47.0 Å². The van der Waals surface area contributed by atoms with Gasteiger partial charge in [-0.05, 0) is 48.0 Å². The number of aromatic hydroxyl groups is 1. The van der Waals surface area contributed by atoms with Gasteiger partial charge in [0.05, 0.1) is 28.8 Å². The van der Waals surface area contributed by atoms with Gasteiger partial charge in [0.1, 0.15) is 23.9 Å². The summed E-state index contributed by atoms with van der Waals surface area (Å²) in [6.07, 6.45) is 0. The Morgan fingerprint density at radius 2 is 1.92 bits per heavy atom. The molecular weight excluding hydrogens is 485 g/mol. The van der Waals surface area contributed by atoms with Crippen LogP contribution in [0.2, 0.25) is 0 Å². The van der Waals surface area contributed by atoms with E-state index in [1.54, 1.807) is 12.1 Å². The predicted molar refractivity (Wildman–Crippen MR) is 131 cm³/mol. The number of halogens is 1. The first-order valence-corrected chi connectivity index (χ1v) is 11.2. The maximum atomic E-state index is 14.1. The van der Waals surface area contributed by atoms with Crippen molar-refractivity contribution in [2.45, 2.75) is 6.04 Å². The van der Waals surface area contributed by atoms with Gasteiger partial charge >= 0.3 is 5.69 Å². The standard InChI is InChI=1S/C26H20FN3O7/c1-28-9-10-37-21-8-6-15(12-19(21)28)24(32)22-23(14-5-7-20(31)18(11-14)30(35)36)29(26(34)25(22)33)17-4-2-3-16(27)13-17/h2-8,11-13,23,31-32H,9-10H2,1H3/b24-22+. The maximum absolute atomic E-state index is 14.1. The van der Waals surface area contributed by atoms with Gasteiger partial charge in [-0.15, -0.1) is 0 Å². The molecule has 2 heterocycles. The molecule has 0 spiro atoms. The molecule has 5 rings (SSSR count). The highest BCUT2D eigenvalue weighted by Gasteiger charge is 2.47. The van der Waals surface area contributed by atoms with Crippen LogP contribution < -0.4 is 14.5 Å². The van der Waals surface area contributed by atoms with E-state index in [9.17, 15) is 34.3 Å². The van der Waals surface area contributed by atoms with Crippen molar-refractivity contribution >= 4 is 34.5 Å². The third kappa shape index (κ3) is 3.99. The first-order valence-electron chi connectivity index (χ1n) is 11.2. The molecule has 0 aromatic heterocycles. The number of nitro benzene ring substituents is 1. The summed E-state index contributed by atoms with van der Waals surface area (Å²) in [5.41, 5.74) is -0.0464. The number of aliphatic hydroxyl groups excluding tert-OH is 1. The molecule has 1 unspecified atom stereocenters. The quantitative estimate of drug-likeness (QED) is 0.179. The summed E-state index contributed by atoms with van der Waals surface area (Å²) in [6, 6.07) is 11.7. The number of hydrogen-bond donors (Lipinski definition) is 2. The molecule has 0 bridgehead atoms. The van der Waals surface area contributed by atoms with Gasteiger partial charge in [0.25, 0.3) is 11.7 Å². The number of amides is 1. The molecule has 1 atom stereocenters. The fourth-order valence-electron chi connectivity index (χ4n) is 4.55. The Morgan fingerprint density at radius 1 is 1.14 bits per heavy atom. The number of ether oxygens (including phenoxy) is 1. The third-order valence-electron chi connectivity index (χ3n) is 6.37. The lowest BCUT2D eigenvalue weighted by molar-refractivity contribution is -0.385. The summed E-state index contributed by atoms with van der Waals surface area (Å²) in [7, 11) is 1.84. The average Bonchev–Trinajstić information content (AvgIpc) is 3.14. The molecule has 1 fully saturated rings. The topological polar surface area (TPSA) is 133 Å². The van der Waals surface area contributed by atoms with Crippen molar-refractivity contribution in [2.75, 3.05) is 30.0 Å². The van der Waals surface area contributed by atoms with Crippen LogP contribution in [0.5, 0.6) is 11.5 Å². The van der Waals surface area contributed by atoms with Gasteiger partial charge in [0, 0.05) is 24.4 Å². The van der Waals surface area contributed by atoms with E-state index in [0.717, 1.165) is 29.2 Å². The summed E-state index contributed by atoms with van der Waals surface area (Å²) in [4.78, 5) is 40.1. The number of phenols is 1. The van der Waals surface area contributed by atoms with Crippen LogP contribution in [0.25, 0.3) is 5.76 Å². The Hall–Kier alpha value is -4.93. The molecule has 37 heavy (non-hydrogen) atoms. The van der Waals surface area contributed by atoms with Gasteiger partial charge in [-0.25, -0.2) is 4.39 Å². The molecule has 2 N–H and O–H groups in total. The van der Waals surface area contributed by atoms with Crippen LogP contribution in [0.4, 0.5) is 21.5 Å². The number of carbonyl (C=O) groups is 2. The van der Waals surface area contributed by atoms with E-state index in [1.165, 1.54) is 24.3 Å². The highest BCUT2D eigenvalue weighted by atomic mass is 19.1. The van der Waals surface area contributed by atoms with E-state index < -0.39 is 45.7 Å². The Labute approximate surface area is 209 Å². The number of carbonyl (C=O) groups excluding carboxylic acids is 2. The summed E-state index contributed by atoms with van der Waals surface area (Å²) in [5.74, 6) is -3.33. The molecule has 2 aliphatic rings. The van der Waals surface area contributed by atoms with E-state index in [-0.39, 0.29) is 22.4 Å². The van der Waals surface area contributed by atoms with Crippen LogP contribution in [0.1, 0.15) is 17.2 Å². The van der Waals surface area contributed by atoms with Gasteiger partial charge in [0.15, 0.2) is 5.75 Å². The minimum atomic E-state index is -1.34. The number of nitrogens with zero attached hydrogens (tertiary/aromatic N) is 3. The number of Topliss-reactive ketones (excluding diaryl/α,β-unsaturated/α-hetero) is 1. The second kappa shape index (κ2) is 8.94. The van der Waals surface area contributed by atoms with E-state index in [1.807, 2.05) is 11.9 Å². The summed E-state index contributed by atoms with van der Waals surface area (Å²) in [6.45, 7) is 1.07. The smallest absolute Gasteiger partial charge is 0.311 e. The highest BCUT2D eigenvalue weighted by Crippen LogP contribution is 2.44. The number of rotatable bonds is 4. The highest BCUT2D eigenvalue weighted by molar-refractivity contribution is 6.51. The average molecular weight is 505 g/mol. The molecule has 1 amide bonds. The zero-order valence-corrected chi connectivity index (χ0v) is 19.4. The number of ketones is 1. The Kier molecular flexibility index (Phi) is 5.75. The Balaban J connectivity index is 1.74. The van der Waals surface area contributed by atoms with Gasteiger partial charge < -0.3 is 19.8 Å². The first kappa shape index (κ1) is 23.8. The maximum Gasteiger partial charge on any atom is 0.311 e. The Bertz CT molecular complexity index is 1500. The van der Waals surface area contributed by atoms with Gasteiger partial charge in [-0.2, -0.15) is 0 Å². The van der Waals surface area contributed by atoms with Gasteiger partial charge in [-0.3, -0.25) is 24.6 Å². The number of anilines is 2. The lowest BCUT2D eigenvalue weighted by atomic mass is 9.94. The number of nitro groups is 1. The van der Waals surface area contributed by atoms with Crippen molar-refractivity contribution in [2.24, 2.45) is 0 Å². The molecule has 0 saturated carbocycles. The summed E-state index contributed by atoms with van der Waals surface area (Å²) >= 11 is 0. The third-order valence-corrected chi connectivity index (χ3v) is 6.37. The van der Waals surface area contributed by atoms with Gasteiger partial charge in [-0.1, -0.05) is 12.1 Å². The van der Waals surface area contributed by atoms with E-state index in [2.05, 4.69) is 0 Å². The van der Waals surface area contributed by atoms with Crippen LogP contribution in [0.3, 0.4) is 0 Å². The second-order valence-corrected chi connectivity index (χ2v) is 8.61. The van der Waals surface area contributed by atoms with E-state index >= 15 is 0 Å². The largest absolute Gasteiger partial charge is 0.507 e. The number of aliphatic hydroxyl groups is 1. The number of likely N-dealkylation sites (N-methyl/N-ethyl adjacent to an activating group) is 1. The lowest BCUT2D eigenvalue weighted by Gasteiger charge is -2.28. The van der Waals surface area contributed by atoms with Crippen LogP contribution >= 0.6 is 0 Å². The monoisotopic (exact) mass is 505 g/mol. The molecule has 0 radical (unpaired) electrons.